The zero-order valence-electron chi connectivity index (χ0n) is 12.5. The Morgan fingerprint density at radius 3 is 2.52 bits per heavy atom. The van der Waals surface area contributed by atoms with Crippen LogP contribution in [0, 0.1) is 5.92 Å². The highest BCUT2D eigenvalue weighted by Gasteiger charge is 2.25. The Bertz CT molecular complexity index is 581. The van der Waals surface area contributed by atoms with Crippen LogP contribution in [0.15, 0.2) is 23.1 Å². The molecule has 4 nitrogen and oxygen atoms in total. The molecule has 21 heavy (non-hydrogen) atoms. The zero-order valence-corrected chi connectivity index (χ0v) is 14.1. The summed E-state index contributed by atoms with van der Waals surface area (Å²) in [6, 6.07) is 5.15. The Hall–Kier alpha value is -0.620. The summed E-state index contributed by atoms with van der Waals surface area (Å²) in [7, 11) is -1.73. The monoisotopic (exact) mass is 330 g/mol. The predicted octanol–water partition coefficient (Wildman–Crippen LogP) is 2.92. The van der Waals surface area contributed by atoms with Crippen molar-refractivity contribution in [2.75, 3.05) is 7.05 Å². The Labute approximate surface area is 132 Å². The standard InChI is InChI=1S/C15H23ClN2O2S/c1-11-3-6-13(7-4-11)18-21(19,20)15-9-12(10-17-2)5-8-14(15)16/h5,8-9,11,13,17-18H,3-4,6-7,10H2,1-2H3. The maximum Gasteiger partial charge on any atom is 0.242 e. The van der Waals surface area contributed by atoms with Crippen molar-refractivity contribution < 1.29 is 8.42 Å². The molecule has 0 heterocycles. The highest BCUT2D eigenvalue weighted by Crippen LogP contribution is 2.27. The van der Waals surface area contributed by atoms with E-state index in [1.54, 1.807) is 12.1 Å². The molecule has 2 rings (SSSR count). The largest absolute Gasteiger partial charge is 0.316 e. The van der Waals surface area contributed by atoms with Crippen molar-refractivity contribution in [1.29, 1.82) is 0 Å². The van der Waals surface area contributed by atoms with Gasteiger partial charge in [-0.1, -0.05) is 24.6 Å². The summed E-state index contributed by atoms with van der Waals surface area (Å²) in [5.41, 5.74) is 0.902. The van der Waals surface area contributed by atoms with Gasteiger partial charge in [0.2, 0.25) is 10.0 Å². The fourth-order valence-electron chi connectivity index (χ4n) is 2.73. The number of benzene rings is 1. The maximum absolute atomic E-state index is 12.5. The molecule has 2 N–H and O–H groups in total. The van der Waals surface area contributed by atoms with E-state index in [4.69, 9.17) is 11.6 Å². The molecular weight excluding hydrogens is 308 g/mol. The van der Waals surface area contributed by atoms with Gasteiger partial charge < -0.3 is 5.32 Å². The fraction of sp³-hybridized carbons (Fsp3) is 0.600. The van der Waals surface area contributed by atoms with Crippen LogP contribution in [0.5, 0.6) is 0 Å². The van der Waals surface area contributed by atoms with Crippen molar-refractivity contribution in [2.24, 2.45) is 5.92 Å². The van der Waals surface area contributed by atoms with Crippen LogP contribution in [0.4, 0.5) is 0 Å². The molecular formula is C15H23ClN2O2S. The topological polar surface area (TPSA) is 58.2 Å². The van der Waals surface area contributed by atoms with E-state index in [1.165, 1.54) is 0 Å². The summed E-state index contributed by atoms with van der Waals surface area (Å²) in [5.74, 6) is 0.688. The van der Waals surface area contributed by atoms with Gasteiger partial charge in [-0.25, -0.2) is 13.1 Å². The van der Waals surface area contributed by atoms with Crippen LogP contribution in [0.25, 0.3) is 0 Å². The molecule has 0 bridgehead atoms. The van der Waals surface area contributed by atoms with Crippen LogP contribution >= 0.6 is 11.6 Å². The van der Waals surface area contributed by atoms with E-state index in [9.17, 15) is 8.42 Å². The van der Waals surface area contributed by atoms with Gasteiger partial charge in [0.05, 0.1) is 5.02 Å². The summed E-state index contributed by atoms with van der Waals surface area (Å²) in [5, 5.41) is 3.28. The molecule has 0 aliphatic heterocycles. The lowest BCUT2D eigenvalue weighted by atomic mass is 9.88. The molecule has 1 fully saturated rings. The van der Waals surface area contributed by atoms with Crippen LogP contribution in [-0.2, 0) is 16.6 Å². The Morgan fingerprint density at radius 1 is 1.24 bits per heavy atom. The average molecular weight is 331 g/mol. The normalized spacial score (nSPS) is 23.2. The van der Waals surface area contributed by atoms with Gasteiger partial charge in [0.15, 0.2) is 0 Å². The van der Waals surface area contributed by atoms with E-state index in [0.29, 0.717) is 12.5 Å². The van der Waals surface area contributed by atoms with Gasteiger partial charge >= 0.3 is 0 Å². The van der Waals surface area contributed by atoms with E-state index in [0.717, 1.165) is 31.2 Å². The minimum absolute atomic E-state index is 0.0234. The third-order valence-corrected chi connectivity index (χ3v) is 6.01. The van der Waals surface area contributed by atoms with Crippen LogP contribution in [0.1, 0.15) is 38.2 Å². The van der Waals surface area contributed by atoms with Crippen LogP contribution in [0.2, 0.25) is 5.02 Å². The van der Waals surface area contributed by atoms with E-state index in [-0.39, 0.29) is 16.0 Å². The van der Waals surface area contributed by atoms with E-state index < -0.39 is 10.0 Å². The van der Waals surface area contributed by atoms with Gasteiger partial charge in [0.25, 0.3) is 0 Å². The molecule has 0 unspecified atom stereocenters. The second-order valence-corrected chi connectivity index (χ2v) is 7.96. The molecule has 1 aliphatic carbocycles. The minimum Gasteiger partial charge on any atom is -0.316 e. The quantitative estimate of drug-likeness (QED) is 0.872. The molecule has 118 valence electrons. The SMILES string of the molecule is CNCc1ccc(Cl)c(S(=O)(=O)NC2CCC(C)CC2)c1. The molecule has 1 aromatic rings. The van der Waals surface area contributed by atoms with Gasteiger partial charge in [0, 0.05) is 12.6 Å². The fourth-order valence-corrected chi connectivity index (χ4v) is 4.58. The molecule has 0 aromatic heterocycles. The van der Waals surface area contributed by atoms with Crippen molar-refractivity contribution in [2.45, 2.75) is 50.1 Å². The summed E-state index contributed by atoms with van der Waals surface area (Å²) in [6.45, 7) is 2.82. The highest BCUT2D eigenvalue weighted by molar-refractivity contribution is 7.89. The summed E-state index contributed by atoms with van der Waals surface area (Å²) >= 11 is 6.08. The van der Waals surface area contributed by atoms with E-state index >= 15 is 0 Å². The minimum atomic E-state index is -3.56. The third-order valence-electron chi connectivity index (χ3n) is 4.00. The van der Waals surface area contributed by atoms with Crippen molar-refractivity contribution >= 4 is 21.6 Å². The summed E-state index contributed by atoms with van der Waals surface area (Å²) < 4.78 is 27.9. The lowest BCUT2D eigenvalue weighted by Gasteiger charge is -2.26. The number of halogens is 1. The summed E-state index contributed by atoms with van der Waals surface area (Å²) in [6.07, 6.45) is 3.93. The molecule has 1 aliphatic rings. The van der Waals surface area contributed by atoms with Crippen molar-refractivity contribution in [1.82, 2.24) is 10.0 Å². The molecule has 0 saturated heterocycles. The number of hydrogen-bond acceptors (Lipinski definition) is 3. The second kappa shape index (κ2) is 7.09. The van der Waals surface area contributed by atoms with Crippen LogP contribution in [-0.4, -0.2) is 21.5 Å². The average Bonchev–Trinajstić information content (AvgIpc) is 2.43. The number of rotatable bonds is 5. The third kappa shape index (κ3) is 4.42. The van der Waals surface area contributed by atoms with Gasteiger partial charge in [-0.15, -0.1) is 0 Å². The maximum atomic E-state index is 12.5. The molecule has 0 atom stereocenters. The van der Waals surface area contributed by atoms with Crippen LogP contribution in [0.3, 0.4) is 0 Å². The van der Waals surface area contributed by atoms with E-state index in [1.807, 2.05) is 13.1 Å². The first-order valence-electron chi connectivity index (χ1n) is 7.37. The number of nitrogens with one attached hydrogen (secondary N) is 2. The molecule has 6 heteroatoms. The van der Waals surface area contributed by atoms with Crippen molar-refractivity contribution in [3.63, 3.8) is 0 Å². The smallest absolute Gasteiger partial charge is 0.242 e. The summed E-state index contributed by atoms with van der Waals surface area (Å²) in [4.78, 5) is 0.176. The van der Waals surface area contributed by atoms with Gasteiger partial charge in [-0.05, 0) is 56.3 Å². The van der Waals surface area contributed by atoms with Gasteiger partial charge in [0.1, 0.15) is 4.90 Å². The Kier molecular flexibility index (Phi) is 5.66. The first-order chi connectivity index (χ1) is 9.92. The molecule has 0 spiro atoms. The zero-order chi connectivity index (χ0) is 15.5. The molecule has 0 radical (unpaired) electrons. The van der Waals surface area contributed by atoms with Gasteiger partial charge in [-0.3, -0.25) is 0 Å². The number of sulfonamides is 1. The molecule has 0 amide bonds. The molecule has 1 aromatic carbocycles. The highest BCUT2D eigenvalue weighted by atomic mass is 35.5. The van der Waals surface area contributed by atoms with E-state index in [2.05, 4.69) is 17.0 Å². The van der Waals surface area contributed by atoms with Crippen molar-refractivity contribution in [3.8, 4) is 0 Å². The lowest BCUT2D eigenvalue weighted by molar-refractivity contribution is 0.332. The van der Waals surface area contributed by atoms with Crippen LogP contribution < -0.4 is 10.0 Å². The van der Waals surface area contributed by atoms with Crippen molar-refractivity contribution in [3.05, 3.63) is 28.8 Å². The van der Waals surface area contributed by atoms with Gasteiger partial charge in [-0.2, -0.15) is 0 Å². The number of hydrogen-bond donors (Lipinski definition) is 2. The Morgan fingerprint density at radius 2 is 1.90 bits per heavy atom. The lowest BCUT2D eigenvalue weighted by Crippen LogP contribution is -2.37. The first-order valence-corrected chi connectivity index (χ1v) is 9.24. The first kappa shape index (κ1) is 16.7. The second-order valence-electron chi connectivity index (χ2n) is 5.87. The molecule has 1 saturated carbocycles. The Balaban J connectivity index is 2.17. The predicted molar refractivity (Wildman–Crippen MR) is 86.0 cm³/mol.